The summed E-state index contributed by atoms with van der Waals surface area (Å²) in [5, 5.41) is 0. The van der Waals surface area contributed by atoms with Crippen LogP contribution in [0.3, 0.4) is 0 Å². The van der Waals surface area contributed by atoms with E-state index in [0.29, 0.717) is 16.7 Å². The molecule has 0 aliphatic rings. The summed E-state index contributed by atoms with van der Waals surface area (Å²) >= 11 is 3.24. The van der Waals surface area contributed by atoms with Crippen LogP contribution in [0.25, 0.3) is 0 Å². The van der Waals surface area contributed by atoms with Crippen molar-refractivity contribution in [2.75, 3.05) is 0 Å². The van der Waals surface area contributed by atoms with Gasteiger partial charge in [0.15, 0.2) is 17.5 Å². The molecule has 0 bridgehead atoms. The fourth-order valence-electron chi connectivity index (χ4n) is 2.04. The van der Waals surface area contributed by atoms with E-state index in [1.54, 1.807) is 26.0 Å². The number of halogens is 5. The largest absolute Gasteiger partial charge is 0.206 e. The minimum atomic E-state index is -1.51. The van der Waals surface area contributed by atoms with Crippen LogP contribution in [-0.4, -0.2) is 0 Å². The molecule has 0 saturated carbocycles. The zero-order valence-corrected chi connectivity index (χ0v) is 12.4. The van der Waals surface area contributed by atoms with Crippen molar-refractivity contribution in [3.05, 3.63) is 69.8 Å². The van der Waals surface area contributed by atoms with Gasteiger partial charge in [-0.3, -0.25) is 0 Å². The zero-order chi connectivity index (χ0) is 15.0. The van der Waals surface area contributed by atoms with E-state index in [1.807, 2.05) is 0 Å². The predicted octanol–water partition coefficient (Wildman–Crippen LogP) is 5.34. The molecule has 2 rings (SSSR count). The molecule has 0 fully saturated rings. The second kappa shape index (κ2) is 5.56. The highest BCUT2D eigenvalue weighted by Crippen LogP contribution is 2.35. The number of aryl methyl sites for hydroxylation is 2. The Labute approximate surface area is 122 Å². The standard InChI is InChI=1S/C15H11BrF4/c1-7-5-9(6-8(2)13(7)18)12(16)10-3-4-11(17)15(20)14(10)19/h3-6,12H,1-2H3. The summed E-state index contributed by atoms with van der Waals surface area (Å²) in [5.41, 5.74) is 1.36. The molecule has 0 aromatic heterocycles. The average Bonchev–Trinajstić information content (AvgIpc) is 2.41. The number of benzene rings is 2. The predicted molar refractivity (Wildman–Crippen MR) is 73.0 cm³/mol. The lowest BCUT2D eigenvalue weighted by Gasteiger charge is -2.14. The van der Waals surface area contributed by atoms with Gasteiger partial charge < -0.3 is 0 Å². The number of hydrogen-bond acceptors (Lipinski definition) is 0. The van der Waals surface area contributed by atoms with Crippen molar-refractivity contribution in [2.45, 2.75) is 18.7 Å². The van der Waals surface area contributed by atoms with Crippen molar-refractivity contribution < 1.29 is 17.6 Å². The maximum absolute atomic E-state index is 13.8. The third kappa shape index (κ3) is 2.59. The molecule has 2 aromatic rings. The molecule has 0 nitrogen and oxygen atoms in total. The van der Waals surface area contributed by atoms with E-state index in [1.165, 1.54) is 6.07 Å². The topological polar surface area (TPSA) is 0 Å². The molecule has 5 heteroatoms. The fourth-order valence-corrected chi connectivity index (χ4v) is 2.66. The number of rotatable bonds is 2. The van der Waals surface area contributed by atoms with E-state index < -0.39 is 22.3 Å². The zero-order valence-electron chi connectivity index (χ0n) is 10.8. The van der Waals surface area contributed by atoms with Crippen LogP contribution in [0.5, 0.6) is 0 Å². The van der Waals surface area contributed by atoms with Crippen LogP contribution in [0.2, 0.25) is 0 Å². The van der Waals surface area contributed by atoms with E-state index in [-0.39, 0.29) is 11.4 Å². The Morgan fingerprint density at radius 2 is 1.40 bits per heavy atom. The van der Waals surface area contributed by atoms with Crippen LogP contribution in [0.4, 0.5) is 17.6 Å². The summed E-state index contributed by atoms with van der Waals surface area (Å²) in [6, 6.07) is 5.12. The van der Waals surface area contributed by atoms with Crippen LogP contribution in [0, 0.1) is 37.1 Å². The van der Waals surface area contributed by atoms with Gasteiger partial charge in [-0.15, -0.1) is 0 Å². The van der Waals surface area contributed by atoms with Gasteiger partial charge in [0.1, 0.15) is 5.82 Å². The molecular formula is C15H11BrF4. The molecule has 0 aliphatic carbocycles. The van der Waals surface area contributed by atoms with Crippen LogP contribution < -0.4 is 0 Å². The Balaban J connectivity index is 2.52. The van der Waals surface area contributed by atoms with Crippen LogP contribution in [0.1, 0.15) is 27.1 Å². The molecule has 0 amide bonds. The van der Waals surface area contributed by atoms with Crippen molar-refractivity contribution in [1.82, 2.24) is 0 Å². The molecule has 106 valence electrons. The van der Waals surface area contributed by atoms with Gasteiger partial charge in [-0.05, 0) is 36.6 Å². The first-order valence-electron chi connectivity index (χ1n) is 5.87. The molecule has 2 aromatic carbocycles. The molecule has 0 N–H and O–H groups in total. The Morgan fingerprint density at radius 3 is 1.95 bits per heavy atom. The summed E-state index contributed by atoms with van der Waals surface area (Å²) in [6.07, 6.45) is 0. The van der Waals surface area contributed by atoms with E-state index in [0.717, 1.165) is 6.07 Å². The van der Waals surface area contributed by atoms with Crippen molar-refractivity contribution in [1.29, 1.82) is 0 Å². The molecular weight excluding hydrogens is 336 g/mol. The Kier molecular flexibility index (Phi) is 4.18. The number of hydrogen-bond donors (Lipinski definition) is 0. The highest BCUT2D eigenvalue weighted by molar-refractivity contribution is 9.09. The molecule has 0 spiro atoms. The second-order valence-corrected chi connectivity index (χ2v) is 5.51. The first kappa shape index (κ1) is 15.0. The minimum absolute atomic E-state index is 0.0330. The van der Waals surface area contributed by atoms with Crippen LogP contribution in [-0.2, 0) is 0 Å². The van der Waals surface area contributed by atoms with Gasteiger partial charge in [0.05, 0.1) is 4.83 Å². The summed E-state index contributed by atoms with van der Waals surface area (Å²) < 4.78 is 53.5. The quantitative estimate of drug-likeness (QED) is 0.391. The van der Waals surface area contributed by atoms with Crippen molar-refractivity contribution in [2.24, 2.45) is 0 Å². The third-order valence-electron chi connectivity index (χ3n) is 3.09. The van der Waals surface area contributed by atoms with E-state index in [9.17, 15) is 17.6 Å². The van der Waals surface area contributed by atoms with Gasteiger partial charge in [0.2, 0.25) is 0 Å². The molecule has 1 atom stereocenters. The molecule has 0 saturated heterocycles. The lowest BCUT2D eigenvalue weighted by molar-refractivity contribution is 0.442. The van der Waals surface area contributed by atoms with E-state index in [4.69, 9.17) is 0 Å². The van der Waals surface area contributed by atoms with E-state index in [2.05, 4.69) is 15.9 Å². The summed E-state index contributed by atoms with van der Waals surface area (Å²) in [4.78, 5) is -0.685. The Morgan fingerprint density at radius 1 is 0.850 bits per heavy atom. The van der Waals surface area contributed by atoms with E-state index >= 15 is 0 Å². The monoisotopic (exact) mass is 346 g/mol. The SMILES string of the molecule is Cc1cc(C(Br)c2ccc(F)c(F)c2F)cc(C)c1F. The van der Waals surface area contributed by atoms with Gasteiger partial charge >= 0.3 is 0 Å². The van der Waals surface area contributed by atoms with Gasteiger partial charge in [-0.2, -0.15) is 0 Å². The highest BCUT2D eigenvalue weighted by Gasteiger charge is 2.21. The lowest BCUT2D eigenvalue weighted by Crippen LogP contribution is -2.03. The average molecular weight is 347 g/mol. The van der Waals surface area contributed by atoms with Gasteiger partial charge in [0, 0.05) is 5.56 Å². The second-order valence-electron chi connectivity index (χ2n) is 4.60. The summed E-state index contributed by atoms with van der Waals surface area (Å²) in [6.45, 7) is 3.18. The molecule has 20 heavy (non-hydrogen) atoms. The summed E-state index contributed by atoms with van der Waals surface area (Å²) in [5.74, 6) is -4.33. The summed E-state index contributed by atoms with van der Waals surface area (Å²) in [7, 11) is 0. The first-order valence-corrected chi connectivity index (χ1v) is 6.78. The first-order chi connectivity index (χ1) is 9.32. The van der Waals surface area contributed by atoms with Crippen molar-refractivity contribution in [3.8, 4) is 0 Å². The van der Waals surface area contributed by atoms with Crippen molar-refractivity contribution in [3.63, 3.8) is 0 Å². The molecule has 1 unspecified atom stereocenters. The molecule has 0 aliphatic heterocycles. The Bertz CT molecular complexity index is 644. The molecule has 0 heterocycles. The van der Waals surface area contributed by atoms with Gasteiger partial charge in [-0.25, -0.2) is 17.6 Å². The lowest BCUT2D eigenvalue weighted by atomic mass is 9.99. The smallest absolute Gasteiger partial charge is 0.194 e. The van der Waals surface area contributed by atoms with Gasteiger partial charge in [-0.1, -0.05) is 34.1 Å². The molecule has 0 radical (unpaired) electrons. The van der Waals surface area contributed by atoms with Crippen LogP contribution >= 0.6 is 15.9 Å². The van der Waals surface area contributed by atoms with Gasteiger partial charge in [0.25, 0.3) is 0 Å². The third-order valence-corrected chi connectivity index (χ3v) is 4.11. The highest BCUT2D eigenvalue weighted by atomic mass is 79.9. The minimum Gasteiger partial charge on any atom is -0.206 e. The Hall–Kier alpha value is -1.36. The maximum Gasteiger partial charge on any atom is 0.194 e. The normalized spacial score (nSPS) is 12.6. The van der Waals surface area contributed by atoms with Crippen molar-refractivity contribution >= 4 is 15.9 Å². The van der Waals surface area contributed by atoms with Crippen LogP contribution in [0.15, 0.2) is 24.3 Å². The number of alkyl halides is 1. The maximum atomic E-state index is 13.8. The fraction of sp³-hybridized carbons (Fsp3) is 0.200.